The number of fused-ring (bicyclic) bond motifs is 1. The second-order valence-corrected chi connectivity index (χ2v) is 6.41. The van der Waals surface area contributed by atoms with Crippen molar-refractivity contribution in [3.8, 4) is 0 Å². The molecule has 0 unspecified atom stereocenters. The van der Waals surface area contributed by atoms with Crippen molar-refractivity contribution in [1.29, 1.82) is 0 Å². The minimum Gasteiger partial charge on any atom is -0.389 e. The van der Waals surface area contributed by atoms with Gasteiger partial charge in [-0.3, -0.25) is 0 Å². The van der Waals surface area contributed by atoms with E-state index < -0.39 is 10.0 Å². The molecule has 0 saturated heterocycles. The summed E-state index contributed by atoms with van der Waals surface area (Å²) >= 11 is 4.99. The maximum absolute atomic E-state index is 10.9. The topological polar surface area (TPSA) is 111 Å². The van der Waals surface area contributed by atoms with E-state index in [2.05, 4.69) is 10.3 Å². The maximum atomic E-state index is 10.9. The molecule has 1 aromatic carbocycles. The molecule has 0 atom stereocenters. The van der Waals surface area contributed by atoms with Gasteiger partial charge in [0.1, 0.15) is 10.8 Å². The van der Waals surface area contributed by atoms with Crippen LogP contribution in [0.25, 0.3) is 10.9 Å². The van der Waals surface area contributed by atoms with E-state index in [0.717, 1.165) is 10.9 Å². The van der Waals surface area contributed by atoms with Gasteiger partial charge in [0.2, 0.25) is 10.0 Å². The monoisotopic (exact) mass is 310 g/mol. The lowest BCUT2D eigenvalue weighted by Crippen LogP contribution is -2.23. The van der Waals surface area contributed by atoms with Crippen molar-refractivity contribution in [2.24, 2.45) is 10.9 Å². The highest BCUT2D eigenvalue weighted by Gasteiger charge is 2.10. The first kappa shape index (κ1) is 14.6. The summed E-state index contributed by atoms with van der Waals surface area (Å²) < 4.78 is 21.8. The second-order valence-electron chi connectivity index (χ2n) is 4.24. The lowest BCUT2D eigenvalue weighted by Gasteiger charge is -2.11. The summed E-state index contributed by atoms with van der Waals surface area (Å²) in [5, 5.41) is 8.76. The summed E-state index contributed by atoms with van der Waals surface area (Å²) in [5.74, 6) is 0.262. The highest BCUT2D eigenvalue weighted by molar-refractivity contribution is 7.89. The molecule has 20 heavy (non-hydrogen) atoms. The first-order valence-corrected chi connectivity index (χ1v) is 7.93. The Kier molecular flexibility index (Phi) is 4.17. The molecular weight excluding hydrogens is 296 g/mol. The Morgan fingerprint density at radius 3 is 2.70 bits per heavy atom. The van der Waals surface area contributed by atoms with E-state index in [1.165, 1.54) is 0 Å². The first-order valence-electron chi connectivity index (χ1n) is 5.81. The predicted octanol–water partition coefficient (Wildman–Crippen LogP) is 0.569. The Labute approximate surface area is 122 Å². The number of primary sulfonamides is 1. The standard InChI is InChI=1S/C12H14N4O2S2/c13-11(19)9-7-8-3-1-2-4-10(8)16-12(9)15-5-6-20(14,17)18/h1-4,7H,5-6H2,(H2,13,19)(H,15,16)(H2,14,17,18). The third kappa shape index (κ3) is 3.62. The number of para-hydroxylation sites is 1. The Morgan fingerprint density at radius 1 is 1.35 bits per heavy atom. The molecule has 6 nitrogen and oxygen atoms in total. The summed E-state index contributed by atoms with van der Waals surface area (Å²) in [7, 11) is -3.52. The summed E-state index contributed by atoms with van der Waals surface area (Å²) in [6.45, 7) is 0.139. The maximum Gasteiger partial charge on any atom is 0.210 e. The zero-order valence-electron chi connectivity index (χ0n) is 10.5. The molecule has 0 bridgehead atoms. The Balaban J connectivity index is 2.34. The number of rotatable bonds is 5. The van der Waals surface area contributed by atoms with Crippen LogP contribution in [0.4, 0.5) is 5.82 Å². The van der Waals surface area contributed by atoms with Gasteiger partial charge < -0.3 is 11.1 Å². The zero-order valence-corrected chi connectivity index (χ0v) is 12.2. The largest absolute Gasteiger partial charge is 0.389 e. The highest BCUT2D eigenvalue weighted by Crippen LogP contribution is 2.20. The van der Waals surface area contributed by atoms with Gasteiger partial charge >= 0.3 is 0 Å². The fourth-order valence-electron chi connectivity index (χ4n) is 1.75. The number of hydrogen-bond acceptors (Lipinski definition) is 5. The van der Waals surface area contributed by atoms with Gasteiger partial charge in [-0.05, 0) is 12.1 Å². The van der Waals surface area contributed by atoms with Gasteiger partial charge in [0.05, 0.1) is 16.8 Å². The molecule has 5 N–H and O–H groups in total. The normalized spacial score (nSPS) is 11.4. The summed E-state index contributed by atoms with van der Waals surface area (Å²) in [4.78, 5) is 4.60. The number of benzene rings is 1. The van der Waals surface area contributed by atoms with Crippen LogP contribution >= 0.6 is 12.2 Å². The van der Waals surface area contributed by atoms with Crippen LogP contribution in [0.3, 0.4) is 0 Å². The van der Waals surface area contributed by atoms with Crippen LogP contribution in [-0.4, -0.2) is 30.7 Å². The first-order chi connectivity index (χ1) is 9.37. The van der Waals surface area contributed by atoms with Crippen LogP contribution in [0.15, 0.2) is 30.3 Å². The number of thiocarbonyl (C=S) groups is 1. The van der Waals surface area contributed by atoms with Crippen LogP contribution < -0.4 is 16.2 Å². The zero-order chi connectivity index (χ0) is 14.8. The molecule has 2 rings (SSSR count). The van der Waals surface area contributed by atoms with E-state index in [-0.39, 0.29) is 17.3 Å². The van der Waals surface area contributed by atoms with Crippen molar-refractivity contribution in [3.63, 3.8) is 0 Å². The molecule has 0 saturated carbocycles. The highest BCUT2D eigenvalue weighted by atomic mass is 32.2. The Hall–Kier alpha value is -1.77. The van der Waals surface area contributed by atoms with Crippen molar-refractivity contribution in [2.75, 3.05) is 17.6 Å². The van der Waals surface area contributed by atoms with E-state index >= 15 is 0 Å². The van der Waals surface area contributed by atoms with Gasteiger partial charge in [0.25, 0.3) is 0 Å². The van der Waals surface area contributed by atoms with Crippen LogP contribution in [0.1, 0.15) is 5.56 Å². The van der Waals surface area contributed by atoms with Gasteiger partial charge in [-0.1, -0.05) is 30.4 Å². The lowest BCUT2D eigenvalue weighted by molar-refractivity contribution is 0.598. The number of pyridine rings is 1. The molecule has 0 aliphatic rings. The molecule has 0 aliphatic heterocycles. The quantitative estimate of drug-likeness (QED) is 0.696. The van der Waals surface area contributed by atoms with Crippen LogP contribution in [0.5, 0.6) is 0 Å². The third-order valence-corrected chi connectivity index (χ3v) is 3.66. The number of aromatic nitrogens is 1. The van der Waals surface area contributed by atoms with E-state index in [1.807, 2.05) is 30.3 Å². The second kappa shape index (κ2) is 5.70. The van der Waals surface area contributed by atoms with E-state index in [9.17, 15) is 8.42 Å². The molecule has 0 radical (unpaired) electrons. The van der Waals surface area contributed by atoms with Crippen LogP contribution in [-0.2, 0) is 10.0 Å². The molecule has 0 aliphatic carbocycles. The molecule has 8 heteroatoms. The van der Waals surface area contributed by atoms with Gasteiger partial charge in [-0.15, -0.1) is 0 Å². The van der Waals surface area contributed by atoms with Crippen molar-refractivity contribution < 1.29 is 8.42 Å². The average molecular weight is 310 g/mol. The smallest absolute Gasteiger partial charge is 0.210 e. The lowest BCUT2D eigenvalue weighted by atomic mass is 10.1. The van der Waals surface area contributed by atoms with Gasteiger partial charge in [-0.2, -0.15) is 0 Å². The fraction of sp³-hybridized carbons (Fsp3) is 0.167. The predicted molar refractivity (Wildman–Crippen MR) is 84.1 cm³/mol. The van der Waals surface area contributed by atoms with Gasteiger partial charge in [0.15, 0.2) is 0 Å². The van der Waals surface area contributed by atoms with E-state index in [4.69, 9.17) is 23.1 Å². The number of nitrogens with zero attached hydrogens (tertiary/aromatic N) is 1. The number of hydrogen-bond donors (Lipinski definition) is 3. The minimum absolute atomic E-state index is 0.139. The van der Waals surface area contributed by atoms with Crippen molar-refractivity contribution >= 4 is 44.0 Å². The molecule has 1 heterocycles. The van der Waals surface area contributed by atoms with E-state index in [0.29, 0.717) is 11.4 Å². The SMILES string of the molecule is NC(=S)c1cc2ccccc2nc1NCCS(N)(=O)=O. The number of nitrogens with one attached hydrogen (secondary N) is 1. The molecular formula is C12H14N4O2S2. The summed E-state index contributed by atoms with van der Waals surface area (Å²) in [5.41, 5.74) is 7.02. The van der Waals surface area contributed by atoms with Crippen molar-refractivity contribution in [1.82, 2.24) is 4.98 Å². The fourth-order valence-corrected chi connectivity index (χ4v) is 2.29. The van der Waals surface area contributed by atoms with Crippen molar-refractivity contribution in [2.45, 2.75) is 0 Å². The number of nitrogens with two attached hydrogens (primary N) is 2. The van der Waals surface area contributed by atoms with Gasteiger partial charge in [0, 0.05) is 11.9 Å². The molecule has 1 aromatic heterocycles. The molecule has 106 valence electrons. The molecule has 2 aromatic rings. The Bertz CT molecular complexity index is 759. The summed E-state index contributed by atoms with van der Waals surface area (Å²) in [6.07, 6.45) is 0. The number of sulfonamides is 1. The average Bonchev–Trinajstić information content (AvgIpc) is 2.36. The molecule has 0 spiro atoms. The molecule has 0 fully saturated rings. The van der Waals surface area contributed by atoms with Gasteiger partial charge in [-0.25, -0.2) is 18.5 Å². The minimum atomic E-state index is -3.52. The van der Waals surface area contributed by atoms with Crippen LogP contribution in [0, 0.1) is 0 Å². The number of anilines is 1. The molecule has 0 amide bonds. The Morgan fingerprint density at radius 2 is 2.05 bits per heavy atom. The van der Waals surface area contributed by atoms with Crippen LogP contribution in [0.2, 0.25) is 0 Å². The third-order valence-electron chi connectivity index (χ3n) is 2.67. The summed E-state index contributed by atoms with van der Waals surface area (Å²) in [6, 6.07) is 9.33. The van der Waals surface area contributed by atoms with E-state index in [1.54, 1.807) is 0 Å². The van der Waals surface area contributed by atoms with Crippen molar-refractivity contribution in [3.05, 3.63) is 35.9 Å².